The van der Waals surface area contributed by atoms with Crippen LogP contribution in [0.5, 0.6) is 0 Å². The van der Waals surface area contributed by atoms with E-state index in [0.29, 0.717) is 0 Å². The molecule has 26 heteroatoms. The van der Waals surface area contributed by atoms with Gasteiger partial charge in [0.15, 0.2) is 0 Å². The molecule has 0 aliphatic heterocycles. The first kappa shape index (κ1) is 56.8. The van der Waals surface area contributed by atoms with Gasteiger partial charge in [-0.05, 0) is 24.3 Å². The van der Waals surface area contributed by atoms with Crippen molar-refractivity contribution in [3.8, 4) is 0 Å². The van der Waals surface area contributed by atoms with Gasteiger partial charge in [-0.2, -0.15) is 164 Å². The molecule has 0 unspecified atom stereocenters. The van der Waals surface area contributed by atoms with Gasteiger partial charge in [-0.1, -0.05) is 48.5 Å². The molecule has 6 rings (SSSR count). The van der Waals surface area contributed by atoms with E-state index in [4.69, 9.17) is 0 Å². The molecule has 0 atom stereocenters. The van der Waals surface area contributed by atoms with Gasteiger partial charge in [0.2, 0.25) is 0 Å². The molecule has 6 aromatic rings. The maximum Gasteiger partial charge on any atom is 3.00 e. The SMILES string of the molecule is FC(F)(F)c1cc([B-](c2cc(C(F)(F)F)cc(C(F)(F)F)c2)(c2cc(C(F)(F)F)cc(C(F)(F)F)c2)c2cc(C(F)(F)F)cc(C(F)(F)F)c2)cc(C(F)(F)F)c1.[Fe+3].c1cc[cH-]c1.c1cc[cH-]c1. The summed E-state index contributed by atoms with van der Waals surface area (Å²) in [6, 6.07) is 11.2. The molecule has 0 aliphatic carbocycles. The van der Waals surface area contributed by atoms with Gasteiger partial charge >= 0.3 is 66.5 Å². The minimum absolute atomic E-state index is 0. The summed E-state index contributed by atoms with van der Waals surface area (Å²) in [6.45, 7) is 0. The quantitative estimate of drug-likeness (QED) is 0.0938. The summed E-state index contributed by atoms with van der Waals surface area (Å²) < 4.78 is 341. The Labute approximate surface area is 377 Å². The normalized spacial score (nSPS) is 13.2. The summed E-state index contributed by atoms with van der Waals surface area (Å²) in [7, 11) is 0. The van der Waals surface area contributed by atoms with E-state index in [1.807, 2.05) is 60.7 Å². The molecule has 0 saturated heterocycles. The van der Waals surface area contributed by atoms with Crippen LogP contribution in [0, 0.1) is 0 Å². The average Bonchev–Trinajstić information content (AvgIpc) is 3.96. The van der Waals surface area contributed by atoms with Crippen LogP contribution in [-0.4, -0.2) is 6.15 Å². The molecular weight excluding hydrogens is 1030 g/mol. The van der Waals surface area contributed by atoms with Crippen LogP contribution in [0.15, 0.2) is 133 Å². The van der Waals surface area contributed by atoms with Gasteiger partial charge in [0.05, 0.1) is 44.5 Å². The van der Waals surface area contributed by atoms with Crippen molar-refractivity contribution in [2.75, 3.05) is 0 Å². The molecule has 0 fully saturated rings. The first-order valence-electron chi connectivity index (χ1n) is 18.0. The van der Waals surface area contributed by atoms with E-state index >= 15 is 0 Å². The van der Waals surface area contributed by atoms with E-state index in [1.54, 1.807) is 0 Å². The summed E-state index contributed by atoms with van der Waals surface area (Å²) in [5, 5.41) is 0. The van der Waals surface area contributed by atoms with Gasteiger partial charge in [0.1, 0.15) is 6.15 Å². The van der Waals surface area contributed by atoms with Crippen molar-refractivity contribution in [1.29, 1.82) is 0 Å². The first-order chi connectivity index (χ1) is 30.3. The minimum atomic E-state index is -6.13. The third-order valence-corrected chi connectivity index (χ3v) is 9.55. The molecule has 0 nitrogen and oxygen atoms in total. The minimum Gasteiger partial charge on any atom is -0.214 e. The molecule has 0 saturated carbocycles. The van der Waals surface area contributed by atoms with Crippen LogP contribution >= 0.6 is 0 Å². The number of rotatable bonds is 4. The topological polar surface area (TPSA) is 0 Å². The van der Waals surface area contributed by atoms with E-state index < -0.39 is 195 Å². The van der Waals surface area contributed by atoms with E-state index in [9.17, 15) is 105 Å². The predicted octanol–water partition coefficient (Wildman–Crippen LogP) is 14.0. The number of hydrogen-bond donors (Lipinski definition) is 0. The molecule has 68 heavy (non-hydrogen) atoms. The van der Waals surface area contributed by atoms with Gasteiger partial charge in [-0.25, -0.2) is 24.3 Å². The van der Waals surface area contributed by atoms with Crippen molar-refractivity contribution in [3.05, 3.63) is 178 Å². The third-order valence-electron chi connectivity index (χ3n) is 9.55. The van der Waals surface area contributed by atoms with Crippen molar-refractivity contribution in [2.24, 2.45) is 0 Å². The van der Waals surface area contributed by atoms with Crippen LogP contribution in [0.4, 0.5) is 105 Å². The second-order valence-corrected chi connectivity index (χ2v) is 14.1. The largest absolute Gasteiger partial charge is 3.00 e. The Kier molecular flexibility index (Phi) is 16.6. The molecule has 0 bridgehead atoms. The first-order valence-corrected chi connectivity index (χ1v) is 18.0. The molecule has 0 heterocycles. The zero-order chi connectivity index (χ0) is 51.0. The van der Waals surface area contributed by atoms with Gasteiger partial charge in [-0.3, -0.25) is 0 Å². The van der Waals surface area contributed by atoms with Crippen LogP contribution < -0.4 is 21.9 Å². The molecule has 0 aromatic heterocycles. The van der Waals surface area contributed by atoms with E-state index in [0.717, 1.165) is 0 Å². The fraction of sp³-hybridized carbons (Fsp3) is 0.190. The molecule has 0 spiro atoms. The Bertz CT molecular complexity index is 2070. The van der Waals surface area contributed by atoms with Crippen molar-refractivity contribution >= 4 is 28.0 Å². The molecule has 0 N–H and O–H groups in total. The van der Waals surface area contributed by atoms with Crippen LogP contribution in [0.1, 0.15) is 44.5 Å². The van der Waals surface area contributed by atoms with Gasteiger partial charge in [0, 0.05) is 0 Å². The zero-order valence-electron chi connectivity index (χ0n) is 32.7. The Hall–Kier alpha value is -5.52. The van der Waals surface area contributed by atoms with E-state index in [-0.39, 0.29) is 17.1 Å². The summed E-state index contributed by atoms with van der Waals surface area (Å²) in [4.78, 5) is 0. The van der Waals surface area contributed by atoms with Crippen LogP contribution in [-0.2, 0) is 66.5 Å². The van der Waals surface area contributed by atoms with E-state index in [1.165, 1.54) is 0 Å². The maximum atomic E-state index is 14.2. The fourth-order valence-electron chi connectivity index (χ4n) is 6.71. The van der Waals surface area contributed by atoms with Crippen LogP contribution in [0.25, 0.3) is 0 Å². The van der Waals surface area contributed by atoms with E-state index in [2.05, 4.69) is 0 Å². The van der Waals surface area contributed by atoms with Crippen molar-refractivity contribution in [3.63, 3.8) is 0 Å². The molecule has 0 aliphatic rings. The second-order valence-electron chi connectivity index (χ2n) is 14.1. The van der Waals surface area contributed by atoms with Gasteiger partial charge < -0.3 is 0 Å². The Morgan fingerprint density at radius 1 is 0.235 bits per heavy atom. The van der Waals surface area contributed by atoms with Crippen molar-refractivity contribution in [1.82, 2.24) is 0 Å². The van der Waals surface area contributed by atoms with Crippen molar-refractivity contribution < 1.29 is 122 Å². The summed E-state index contributed by atoms with van der Waals surface area (Å²) >= 11 is 0. The second kappa shape index (κ2) is 19.8. The van der Waals surface area contributed by atoms with Crippen LogP contribution in [0.2, 0.25) is 0 Å². The van der Waals surface area contributed by atoms with Gasteiger partial charge in [0.25, 0.3) is 0 Å². The average molecular weight is 1050 g/mol. The molecule has 6 aromatic carbocycles. The maximum absolute atomic E-state index is 14.2. The predicted molar refractivity (Wildman–Crippen MR) is 194 cm³/mol. The molecule has 1 radical (unpaired) electrons. The standard InChI is InChI=1S/C32H12BF24.2C5H5.Fe/c34-25(35,36)13-1-14(26(37,38)39)6-21(5-13)33(22-7-15(27(40,41)42)2-16(8-22)28(43,44)45,23-9-17(29(46,47)48)3-18(10-23)30(49,50)51)24-11-19(31(52,53)54)4-20(12-24)32(55,56)57;2*1-2-4-5-3-1;/h1-12H;2*1-5H;/q3*-1;+3. The van der Waals surface area contributed by atoms with Crippen LogP contribution in [0.3, 0.4) is 0 Å². The number of halogens is 24. The summed E-state index contributed by atoms with van der Waals surface area (Å²) in [5.41, 5.74) is -30.2. The Balaban J connectivity index is 0.000000982. The third kappa shape index (κ3) is 13.8. The number of hydrogen-bond acceptors (Lipinski definition) is 0. The fourth-order valence-corrected chi connectivity index (χ4v) is 6.71. The molecule has 0 amide bonds. The summed E-state index contributed by atoms with van der Waals surface area (Å²) in [5.74, 6) is 0. The smallest absolute Gasteiger partial charge is 0.214 e. The number of alkyl halides is 24. The Morgan fingerprint density at radius 2 is 0.368 bits per heavy atom. The molecule has 369 valence electrons. The zero-order valence-corrected chi connectivity index (χ0v) is 33.8. The summed E-state index contributed by atoms with van der Waals surface area (Å²) in [6.07, 6.45) is -54.8. The van der Waals surface area contributed by atoms with Gasteiger partial charge in [-0.15, -0.1) is 0 Å². The monoisotopic (exact) mass is 1050 g/mol. The van der Waals surface area contributed by atoms with Crippen molar-refractivity contribution in [2.45, 2.75) is 49.4 Å². The number of benzene rings is 4. The molecular formula is C42H22BF24Fe. The Morgan fingerprint density at radius 3 is 0.456 bits per heavy atom.